The van der Waals surface area contributed by atoms with Crippen LogP contribution in [0.2, 0.25) is 0 Å². The van der Waals surface area contributed by atoms with Crippen molar-refractivity contribution in [1.29, 1.82) is 0 Å². The minimum absolute atomic E-state index is 0.0575. The van der Waals surface area contributed by atoms with Crippen LogP contribution in [0.25, 0.3) is 0 Å². The molecule has 5 nitrogen and oxygen atoms in total. The number of benzene rings is 1. The molecule has 0 saturated heterocycles. The number of hydrogen-bond donors (Lipinski definition) is 3. The first-order chi connectivity index (χ1) is 12.2. The normalized spacial score (nSPS) is 19.8. The van der Waals surface area contributed by atoms with E-state index in [-0.39, 0.29) is 11.6 Å². The number of likely N-dealkylation sites (N-methyl/N-ethyl adjacent to an activating group) is 1. The third kappa shape index (κ3) is 3.78. The van der Waals surface area contributed by atoms with Gasteiger partial charge in [-0.25, -0.2) is 4.79 Å². The van der Waals surface area contributed by atoms with Crippen molar-refractivity contribution >= 4 is 11.9 Å². The molecule has 2 aliphatic carbocycles. The number of hydrogen-bond acceptors (Lipinski definition) is 2. The number of halogens is 3. The van der Waals surface area contributed by atoms with Gasteiger partial charge in [-0.05, 0) is 48.8 Å². The van der Waals surface area contributed by atoms with Crippen molar-refractivity contribution in [2.45, 2.75) is 50.4 Å². The maximum absolute atomic E-state index is 12.9. The van der Waals surface area contributed by atoms with Gasteiger partial charge in [0, 0.05) is 13.1 Å². The molecule has 1 spiro atoms. The summed E-state index contributed by atoms with van der Waals surface area (Å²) in [4.78, 5) is 24.3. The Labute approximate surface area is 149 Å². The van der Waals surface area contributed by atoms with Crippen molar-refractivity contribution in [2.24, 2.45) is 5.41 Å². The first kappa shape index (κ1) is 18.5. The number of carbonyl (C=O) groups is 2. The number of urea groups is 1. The minimum atomic E-state index is -4.52. The van der Waals surface area contributed by atoms with E-state index in [4.69, 9.17) is 0 Å². The Morgan fingerprint density at radius 1 is 1.23 bits per heavy atom. The maximum atomic E-state index is 12.9. The predicted octanol–water partition coefficient (Wildman–Crippen LogP) is 3.12. The molecule has 0 radical (unpaired) electrons. The van der Waals surface area contributed by atoms with Crippen molar-refractivity contribution < 1.29 is 22.8 Å². The molecule has 3 rings (SSSR count). The summed E-state index contributed by atoms with van der Waals surface area (Å²) in [5, 5.41) is 7.68. The van der Waals surface area contributed by atoms with Crippen LogP contribution in [0, 0.1) is 5.41 Å². The summed E-state index contributed by atoms with van der Waals surface area (Å²) >= 11 is 0. The number of alkyl halides is 3. The molecule has 1 aromatic carbocycles. The minimum Gasteiger partial charge on any atom is -0.357 e. The van der Waals surface area contributed by atoms with Crippen LogP contribution >= 0.6 is 0 Å². The lowest BCUT2D eigenvalue weighted by Crippen LogP contribution is -2.56. The lowest BCUT2D eigenvalue weighted by Gasteiger charge is -2.54. The van der Waals surface area contributed by atoms with Crippen molar-refractivity contribution in [3.63, 3.8) is 0 Å². The van der Waals surface area contributed by atoms with Gasteiger partial charge in [0.25, 0.3) is 0 Å². The van der Waals surface area contributed by atoms with Gasteiger partial charge in [0.1, 0.15) is 6.04 Å². The Balaban J connectivity index is 1.66. The molecule has 1 aromatic rings. The fourth-order valence-electron chi connectivity index (χ4n) is 3.87. The van der Waals surface area contributed by atoms with Gasteiger partial charge < -0.3 is 16.0 Å². The van der Waals surface area contributed by atoms with Crippen LogP contribution in [0.15, 0.2) is 24.3 Å². The van der Waals surface area contributed by atoms with Gasteiger partial charge in [-0.15, -0.1) is 0 Å². The topological polar surface area (TPSA) is 70.2 Å². The summed E-state index contributed by atoms with van der Waals surface area (Å²) in [6.45, 7) is 0. The van der Waals surface area contributed by atoms with Crippen molar-refractivity contribution in [2.75, 3.05) is 7.05 Å². The fourth-order valence-corrected chi connectivity index (χ4v) is 3.87. The monoisotopic (exact) mass is 369 g/mol. The largest absolute Gasteiger partial charge is 0.416 e. The average molecular weight is 369 g/mol. The highest BCUT2D eigenvalue weighted by molar-refractivity contribution is 5.88. The molecule has 3 N–H and O–H groups in total. The quantitative estimate of drug-likeness (QED) is 0.763. The van der Waals surface area contributed by atoms with E-state index in [1.165, 1.54) is 38.4 Å². The first-order valence-corrected chi connectivity index (χ1v) is 8.68. The van der Waals surface area contributed by atoms with Crippen LogP contribution in [0.4, 0.5) is 18.0 Å². The summed E-state index contributed by atoms with van der Waals surface area (Å²) in [5.41, 5.74) is -0.394. The summed E-state index contributed by atoms with van der Waals surface area (Å²) in [7, 11) is 1.37. The fraction of sp³-hybridized carbons (Fsp3) is 0.556. The molecular formula is C18H22F3N3O2. The maximum Gasteiger partial charge on any atom is 0.416 e. The van der Waals surface area contributed by atoms with Crippen LogP contribution < -0.4 is 16.0 Å². The van der Waals surface area contributed by atoms with Crippen LogP contribution in [-0.4, -0.2) is 25.0 Å². The standard InChI is InChI=1S/C18H22F3N3O2/c1-22-15(25)14(11-4-2-5-12(8-11)18(19,20)21)24-16(26)23-13-9-17(10-13)6-3-7-17/h2,4-5,8,13-14H,3,6-7,9-10H2,1H3,(H,22,25)(H2,23,24,26). The third-order valence-corrected chi connectivity index (χ3v) is 5.44. The highest BCUT2D eigenvalue weighted by Gasteiger charge is 2.48. The number of amides is 3. The van der Waals surface area contributed by atoms with E-state index in [1.807, 2.05) is 0 Å². The Morgan fingerprint density at radius 2 is 1.92 bits per heavy atom. The SMILES string of the molecule is CNC(=O)C(NC(=O)NC1CC2(CCC2)C1)c1cccc(C(F)(F)F)c1. The molecule has 26 heavy (non-hydrogen) atoms. The molecular weight excluding hydrogens is 347 g/mol. The Morgan fingerprint density at radius 3 is 2.46 bits per heavy atom. The van der Waals surface area contributed by atoms with Gasteiger partial charge in [-0.3, -0.25) is 4.79 Å². The van der Waals surface area contributed by atoms with Gasteiger partial charge in [-0.1, -0.05) is 18.6 Å². The molecule has 0 aliphatic heterocycles. The van der Waals surface area contributed by atoms with E-state index in [2.05, 4.69) is 16.0 Å². The van der Waals surface area contributed by atoms with Crippen molar-refractivity contribution in [1.82, 2.24) is 16.0 Å². The molecule has 0 aromatic heterocycles. The molecule has 0 bridgehead atoms. The van der Waals surface area contributed by atoms with E-state index in [1.54, 1.807) is 0 Å². The molecule has 1 unspecified atom stereocenters. The molecule has 2 aliphatic rings. The van der Waals surface area contributed by atoms with E-state index < -0.39 is 29.7 Å². The number of rotatable bonds is 4. The summed E-state index contributed by atoms with van der Waals surface area (Å²) in [6.07, 6.45) is 0.945. The highest BCUT2D eigenvalue weighted by atomic mass is 19.4. The number of carbonyl (C=O) groups excluding carboxylic acids is 2. The second-order valence-corrected chi connectivity index (χ2v) is 7.25. The third-order valence-electron chi connectivity index (χ3n) is 5.44. The molecule has 2 fully saturated rings. The van der Waals surface area contributed by atoms with Gasteiger partial charge >= 0.3 is 12.2 Å². The van der Waals surface area contributed by atoms with Crippen LogP contribution in [-0.2, 0) is 11.0 Å². The number of nitrogens with one attached hydrogen (secondary N) is 3. The van der Waals surface area contributed by atoms with Gasteiger partial charge in [0.05, 0.1) is 5.56 Å². The van der Waals surface area contributed by atoms with E-state index in [0.29, 0.717) is 5.41 Å². The van der Waals surface area contributed by atoms with Crippen molar-refractivity contribution in [3.8, 4) is 0 Å². The average Bonchev–Trinajstić information content (AvgIpc) is 2.52. The molecule has 8 heteroatoms. The molecule has 0 heterocycles. The van der Waals surface area contributed by atoms with Crippen molar-refractivity contribution in [3.05, 3.63) is 35.4 Å². The van der Waals surface area contributed by atoms with Crippen LogP contribution in [0.3, 0.4) is 0 Å². The van der Waals surface area contributed by atoms with E-state index in [0.717, 1.165) is 25.0 Å². The summed E-state index contributed by atoms with van der Waals surface area (Å²) in [6, 6.07) is 2.74. The summed E-state index contributed by atoms with van der Waals surface area (Å²) in [5.74, 6) is -0.580. The highest BCUT2D eigenvalue weighted by Crippen LogP contribution is 2.55. The summed E-state index contributed by atoms with van der Waals surface area (Å²) < 4.78 is 38.7. The molecule has 1 atom stereocenters. The zero-order chi connectivity index (χ0) is 18.9. The molecule has 2 saturated carbocycles. The second kappa shape index (κ2) is 6.81. The Kier molecular flexibility index (Phi) is 4.86. The smallest absolute Gasteiger partial charge is 0.357 e. The van der Waals surface area contributed by atoms with Crippen LogP contribution in [0.5, 0.6) is 0 Å². The Hall–Kier alpha value is -2.25. The lowest BCUT2D eigenvalue weighted by molar-refractivity contribution is -0.137. The van der Waals surface area contributed by atoms with Gasteiger partial charge in [0.2, 0.25) is 5.91 Å². The predicted molar refractivity (Wildman–Crippen MR) is 89.2 cm³/mol. The van der Waals surface area contributed by atoms with Crippen LogP contribution in [0.1, 0.15) is 49.3 Å². The second-order valence-electron chi connectivity index (χ2n) is 7.25. The molecule has 3 amide bonds. The van der Waals surface area contributed by atoms with Gasteiger partial charge in [-0.2, -0.15) is 13.2 Å². The van der Waals surface area contributed by atoms with E-state index in [9.17, 15) is 22.8 Å². The van der Waals surface area contributed by atoms with Gasteiger partial charge in [0.15, 0.2) is 0 Å². The lowest BCUT2D eigenvalue weighted by atomic mass is 9.54. The molecule has 142 valence electrons. The van der Waals surface area contributed by atoms with E-state index >= 15 is 0 Å². The zero-order valence-corrected chi connectivity index (χ0v) is 14.5. The zero-order valence-electron chi connectivity index (χ0n) is 14.5. The Bertz CT molecular complexity index is 693. The first-order valence-electron chi connectivity index (χ1n) is 8.68.